The Kier molecular flexibility index (Phi) is 12.1. The standard InChI is InChI=1S/C31H42N8O5/c1-4-5-15-44-30-36-28(32)27-29(37-30)39(31(41)35-27)21-23-10-11-24(34-19-23)20-33-12-7-13-38(2)14-16-43-25-9-6-8-22(17-25)18-26(40)42-3/h6,8-11,17,19,33H,4-5,7,12-16,18,20-21H2,1-3H3,(H,35,41)(H2,32,36,37). The van der Waals surface area contributed by atoms with E-state index in [1.165, 1.54) is 11.7 Å². The summed E-state index contributed by atoms with van der Waals surface area (Å²) in [5.41, 5.74) is 9.17. The molecule has 0 unspecified atom stereocenters. The molecule has 4 rings (SSSR count). The number of carbonyl (C=O) groups excluding carboxylic acids is 1. The van der Waals surface area contributed by atoms with Crippen molar-refractivity contribution in [1.82, 2.24) is 34.7 Å². The summed E-state index contributed by atoms with van der Waals surface area (Å²) in [4.78, 5) is 42.2. The second-order valence-corrected chi connectivity index (χ2v) is 10.5. The number of anilines is 1. The number of ether oxygens (including phenoxy) is 3. The van der Waals surface area contributed by atoms with E-state index >= 15 is 0 Å². The zero-order valence-electron chi connectivity index (χ0n) is 25.7. The van der Waals surface area contributed by atoms with E-state index in [1.54, 1.807) is 6.20 Å². The van der Waals surface area contributed by atoms with E-state index in [4.69, 9.17) is 19.9 Å². The first-order chi connectivity index (χ1) is 21.4. The molecule has 0 saturated heterocycles. The van der Waals surface area contributed by atoms with Gasteiger partial charge in [-0.05, 0) is 62.3 Å². The van der Waals surface area contributed by atoms with Gasteiger partial charge in [0, 0.05) is 19.3 Å². The smallest absolute Gasteiger partial charge is 0.328 e. The van der Waals surface area contributed by atoms with Crippen molar-refractivity contribution in [2.45, 2.75) is 45.7 Å². The van der Waals surface area contributed by atoms with Crippen molar-refractivity contribution in [3.8, 4) is 11.8 Å². The van der Waals surface area contributed by atoms with Crippen molar-refractivity contribution in [2.75, 3.05) is 52.7 Å². The maximum Gasteiger partial charge on any atom is 0.328 e. The summed E-state index contributed by atoms with van der Waals surface area (Å²) in [5, 5.41) is 3.43. The normalized spacial score (nSPS) is 11.3. The van der Waals surface area contributed by atoms with Crippen LogP contribution < -0.4 is 26.2 Å². The molecule has 0 aliphatic carbocycles. The van der Waals surface area contributed by atoms with Crippen LogP contribution in [0.4, 0.5) is 5.82 Å². The summed E-state index contributed by atoms with van der Waals surface area (Å²) in [6.45, 7) is 6.60. The lowest BCUT2D eigenvalue weighted by Gasteiger charge is -2.17. The molecule has 13 heteroatoms. The quantitative estimate of drug-likeness (QED) is 0.113. The number of carbonyl (C=O) groups is 1. The van der Waals surface area contributed by atoms with Crippen LogP contribution in [0.5, 0.6) is 11.8 Å². The van der Waals surface area contributed by atoms with Gasteiger partial charge < -0.3 is 35.1 Å². The highest BCUT2D eigenvalue weighted by Crippen LogP contribution is 2.19. The number of imidazole rings is 1. The number of esters is 1. The van der Waals surface area contributed by atoms with Gasteiger partial charge in [-0.1, -0.05) is 31.5 Å². The number of aromatic amines is 1. The van der Waals surface area contributed by atoms with Gasteiger partial charge >= 0.3 is 17.7 Å². The second kappa shape index (κ2) is 16.4. The molecule has 0 atom stereocenters. The van der Waals surface area contributed by atoms with Gasteiger partial charge in [-0.25, -0.2) is 4.79 Å². The average molecular weight is 607 g/mol. The number of hydrogen-bond donors (Lipinski definition) is 3. The lowest BCUT2D eigenvalue weighted by Crippen LogP contribution is -2.28. The van der Waals surface area contributed by atoms with Crippen LogP contribution in [0.25, 0.3) is 11.2 Å². The topological polar surface area (TPSA) is 163 Å². The van der Waals surface area contributed by atoms with E-state index in [-0.39, 0.29) is 29.9 Å². The molecule has 0 spiro atoms. The van der Waals surface area contributed by atoms with Crippen LogP contribution in [0.2, 0.25) is 0 Å². The number of likely N-dealkylation sites (N-methyl/N-ethyl adjacent to an activating group) is 1. The molecule has 13 nitrogen and oxygen atoms in total. The predicted molar refractivity (Wildman–Crippen MR) is 168 cm³/mol. The molecule has 0 fully saturated rings. The van der Waals surface area contributed by atoms with Gasteiger partial charge in [-0.15, -0.1) is 0 Å². The first kappa shape index (κ1) is 32.4. The monoisotopic (exact) mass is 606 g/mol. The number of aromatic nitrogens is 5. The first-order valence-corrected chi connectivity index (χ1v) is 14.9. The maximum absolute atomic E-state index is 12.6. The molecule has 4 N–H and O–H groups in total. The third kappa shape index (κ3) is 9.51. The molecule has 1 aromatic carbocycles. The van der Waals surface area contributed by atoms with Crippen molar-refractivity contribution >= 4 is 23.0 Å². The van der Waals surface area contributed by atoms with E-state index in [0.29, 0.717) is 37.5 Å². The fraction of sp³-hybridized carbons (Fsp3) is 0.452. The summed E-state index contributed by atoms with van der Waals surface area (Å²) < 4.78 is 17.7. The van der Waals surface area contributed by atoms with Gasteiger partial charge in [0.15, 0.2) is 11.5 Å². The molecule has 0 aliphatic rings. The highest BCUT2D eigenvalue weighted by atomic mass is 16.5. The summed E-state index contributed by atoms with van der Waals surface area (Å²) in [6.07, 6.45) is 4.83. The Morgan fingerprint density at radius 3 is 2.73 bits per heavy atom. The van der Waals surface area contributed by atoms with E-state index in [1.807, 2.05) is 36.4 Å². The highest BCUT2D eigenvalue weighted by molar-refractivity contribution is 5.82. The molecule has 0 amide bonds. The number of fused-ring (bicyclic) bond motifs is 1. The highest BCUT2D eigenvalue weighted by Gasteiger charge is 2.15. The minimum Gasteiger partial charge on any atom is -0.492 e. The van der Waals surface area contributed by atoms with E-state index in [2.05, 4.69) is 44.1 Å². The van der Waals surface area contributed by atoms with Crippen molar-refractivity contribution in [3.63, 3.8) is 0 Å². The molecular weight excluding hydrogens is 564 g/mol. The third-order valence-electron chi connectivity index (χ3n) is 7.00. The van der Waals surface area contributed by atoms with Crippen molar-refractivity contribution in [3.05, 3.63) is 69.9 Å². The molecule has 236 valence electrons. The molecule has 0 saturated carbocycles. The largest absolute Gasteiger partial charge is 0.492 e. The zero-order chi connectivity index (χ0) is 31.3. The number of nitrogens with zero attached hydrogens (tertiary/aromatic N) is 5. The van der Waals surface area contributed by atoms with Crippen LogP contribution in [0, 0.1) is 0 Å². The third-order valence-corrected chi connectivity index (χ3v) is 7.00. The number of benzene rings is 1. The first-order valence-electron chi connectivity index (χ1n) is 14.9. The fourth-order valence-electron chi connectivity index (χ4n) is 4.49. The number of nitrogen functional groups attached to an aromatic ring is 1. The number of methoxy groups -OCH3 is 1. The Morgan fingerprint density at radius 1 is 1.09 bits per heavy atom. The molecule has 0 bridgehead atoms. The lowest BCUT2D eigenvalue weighted by atomic mass is 10.1. The molecular formula is C31H42N8O5. The summed E-state index contributed by atoms with van der Waals surface area (Å²) in [6, 6.07) is 11.6. The Balaban J connectivity index is 1.17. The van der Waals surface area contributed by atoms with Crippen LogP contribution in [0.15, 0.2) is 47.4 Å². The molecule has 3 aromatic heterocycles. The average Bonchev–Trinajstić information content (AvgIpc) is 3.33. The molecule has 0 radical (unpaired) electrons. The van der Waals surface area contributed by atoms with Crippen molar-refractivity contribution in [2.24, 2.45) is 0 Å². The fourth-order valence-corrected chi connectivity index (χ4v) is 4.49. The number of pyridine rings is 1. The Labute approximate surface area is 256 Å². The number of H-pyrrole nitrogens is 1. The van der Waals surface area contributed by atoms with Crippen LogP contribution in [-0.2, 0) is 29.0 Å². The molecule has 44 heavy (non-hydrogen) atoms. The van der Waals surface area contributed by atoms with Gasteiger partial charge in [0.2, 0.25) is 0 Å². The van der Waals surface area contributed by atoms with Gasteiger partial charge in [0.25, 0.3) is 0 Å². The van der Waals surface area contributed by atoms with Crippen LogP contribution in [0.3, 0.4) is 0 Å². The summed E-state index contributed by atoms with van der Waals surface area (Å²) in [7, 11) is 3.45. The van der Waals surface area contributed by atoms with E-state index < -0.39 is 0 Å². The lowest BCUT2D eigenvalue weighted by molar-refractivity contribution is -0.139. The van der Waals surface area contributed by atoms with Crippen LogP contribution in [0.1, 0.15) is 43.0 Å². The maximum atomic E-state index is 12.6. The Hall–Kier alpha value is -4.49. The minimum atomic E-state index is -0.321. The number of nitrogens with one attached hydrogen (secondary N) is 2. The zero-order valence-corrected chi connectivity index (χ0v) is 25.7. The van der Waals surface area contributed by atoms with Gasteiger partial charge in [0.1, 0.15) is 17.9 Å². The molecule has 3 heterocycles. The van der Waals surface area contributed by atoms with E-state index in [9.17, 15) is 9.59 Å². The second-order valence-electron chi connectivity index (χ2n) is 10.5. The number of hydrogen-bond acceptors (Lipinski definition) is 11. The Bertz CT molecular complexity index is 1550. The molecule has 0 aliphatic heterocycles. The number of unbranched alkanes of at least 4 members (excludes halogenated alkanes) is 1. The van der Waals surface area contributed by atoms with Crippen LogP contribution >= 0.6 is 0 Å². The van der Waals surface area contributed by atoms with Crippen molar-refractivity contribution < 1.29 is 19.0 Å². The summed E-state index contributed by atoms with van der Waals surface area (Å²) in [5.74, 6) is 0.650. The number of rotatable bonds is 18. The van der Waals surface area contributed by atoms with Crippen molar-refractivity contribution in [1.29, 1.82) is 0 Å². The minimum absolute atomic E-state index is 0.162. The van der Waals surface area contributed by atoms with E-state index in [0.717, 1.165) is 61.5 Å². The SMILES string of the molecule is CCCCOc1nc(N)c2[nH]c(=O)n(Cc3ccc(CNCCCN(C)CCOc4cccc(CC(=O)OC)c4)nc3)c2n1. The van der Waals surface area contributed by atoms with Gasteiger partial charge in [-0.3, -0.25) is 14.3 Å². The molecule has 4 aromatic rings. The van der Waals surface area contributed by atoms with Gasteiger partial charge in [0.05, 0.1) is 32.4 Å². The Morgan fingerprint density at radius 2 is 1.95 bits per heavy atom. The predicted octanol–water partition coefficient (Wildman–Crippen LogP) is 2.53. The number of nitrogens with two attached hydrogens (primary N) is 1. The van der Waals surface area contributed by atoms with Gasteiger partial charge in [-0.2, -0.15) is 9.97 Å². The summed E-state index contributed by atoms with van der Waals surface area (Å²) >= 11 is 0. The van der Waals surface area contributed by atoms with Crippen LogP contribution in [-0.4, -0.2) is 82.4 Å².